The number of carbonyl (C=O) groups excluding carboxylic acids is 2. The molecule has 6 nitrogen and oxygen atoms in total. The van der Waals surface area contributed by atoms with Crippen LogP contribution in [-0.4, -0.2) is 25.2 Å². The molecule has 6 aromatic rings. The molecule has 0 amide bonds. The third kappa shape index (κ3) is 15.0. The number of esters is 2. The lowest BCUT2D eigenvalue weighted by Gasteiger charge is -2.26. The topological polar surface area (TPSA) is 59.1 Å². The summed E-state index contributed by atoms with van der Waals surface area (Å²) in [6, 6.07) is 52.1. The van der Waals surface area contributed by atoms with Crippen molar-refractivity contribution in [1.29, 1.82) is 0 Å². The fourth-order valence-electron chi connectivity index (χ4n) is 7.14. The quantitative estimate of drug-likeness (QED) is 0.0563. The number of rotatable bonds is 20. The minimum absolute atomic E-state index is 0.00268. The molecule has 0 aromatic heterocycles. The van der Waals surface area contributed by atoms with E-state index in [0.717, 1.165) is 85.5 Å². The van der Waals surface area contributed by atoms with Gasteiger partial charge in [-0.25, -0.2) is 0 Å². The van der Waals surface area contributed by atoms with E-state index in [-0.39, 0.29) is 23.8 Å². The zero-order valence-corrected chi connectivity index (χ0v) is 39.6. The van der Waals surface area contributed by atoms with Crippen molar-refractivity contribution >= 4 is 46.1 Å². The first-order valence-corrected chi connectivity index (χ1v) is 23.3. The van der Waals surface area contributed by atoms with Gasteiger partial charge in [0.15, 0.2) is 0 Å². The average molecular weight is 859 g/mol. The Labute approximate surface area is 384 Å². The minimum atomic E-state index is -0.0929. The molecule has 336 valence electrons. The Hall–Kier alpha value is -6.14. The predicted molar refractivity (Wildman–Crippen MR) is 268 cm³/mol. The summed E-state index contributed by atoms with van der Waals surface area (Å²) in [5.74, 6) is -0.179. The van der Waals surface area contributed by atoms with Crippen molar-refractivity contribution in [3.63, 3.8) is 0 Å². The van der Waals surface area contributed by atoms with Crippen molar-refractivity contribution in [1.82, 2.24) is 0 Å². The van der Waals surface area contributed by atoms with E-state index >= 15 is 0 Å². The molecule has 0 aliphatic heterocycles. The van der Waals surface area contributed by atoms with Gasteiger partial charge in [-0.3, -0.25) is 9.59 Å². The van der Waals surface area contributed by atoms with Crippen LogP contribution in [0.1, 0.15) is 99.6 Å². The normalized spacial score (nSPS) is 11.8. The molecule has 0 saturated heterocycles. The van der Waals surface area contributed by atoms with Crippen LogP contribution in [0.3, 0.4) is 0 Å². The maximum Gasteiger partial charge on any atom is 0.308 e. The van der Waals surface area contributed by atoms with Gasteiger partial charge in [0.2, 0.25) is 0 Å². The summed E-state index contributed by atoms with van der Waals surface area (Å²) in [5, 5.41) is 0. The Balaban J connectivity index is 0.000000241. The smallest absolute Gasteiger partial charge is 0.308 e. The van der Waals surface area contributed by atoms with E-state index in [9.17, 15) is 9.59 Å². The Bertz CT molecular complexity index is 2190. The Morgan fingerprint density at radius 2 is 0.656 bits per heavy atom. The van der Waals surface area contributed by atoms with Crippen LogP contribution in [0.4, 0.5) is 34.1 Å². The van der Waals surface area contributed by atoms with Crippen molar-refractivity contribution in [2.45, 2.75) is 107 Å². The lowest BCUT2D eigenvalue weighted by atomic mass is 10.1. The summed E-state index contributed by atoms with van der Waals surface area (Å²) in [5.41, 5.74) is 14.5. The molecule has 64 heavy (non-hydrogen) atoms. The lowest BCUT2D eigenvalue weighted by molar-refractivity contribution is -0.149. The highest BCUT2D eigenvalue weighted by molar-refractivity contribution is 5.78. The van der Waals surface area contributed by atoms with Crippen molar-refractivity contribution in [2.24, 2.45) is 11.8 Å². The molecular formula is C58H70N2O4. The van der Waals surface area contributed by atoms with Crippen LogP contribution in [0.5, 0.6) is 0 Å². The summed E-state index contributed by atoms with van der Waals surface area (Å²) in [7, 11) is 0. The Morgan fingerprint density at radius 1 is 0.391 bits per heavy atom. The Kier molecular flexibility index (Phi) is 19.3. The van der Waals surface area contributed by atoms with E-state index in [1.54, 1.807) is 0 Å². The van der Waals surface area contributed by atoms with Crippen molar-refractivity contribution in [3.8, 4) is 0 Å². The maximum absolute atomic E-state index is 11.8. The first kappa shape index (κ1) is 48.9. The highest BCUT2D eigenvalue weighted by Gasteiger charge is 2.15. The van der Waals surface area contributed by atoms with Gasteiger partial charge in [-0.05, 0) is 163 Å². The first-order chi connectivity index (χ1) is 30.9. The van der Waals surface area contributed by atoms with Crippen molar-refractivity contribution in [2.75, 3.05) is 23.0 Å². The maximum atomic E-state index is 11.8. The van der Waals surface area contributed by atoms with Crippen LogP contribution in [0, 0.1) is 39.5 Å². The number of benzene rings is 6. The van der Waals surface area contributed by atoms with Gasteiger partial charge in [0.1, 0.15) is 0 Å². The lowest BCUT2D eigenvalue weighted by Crippen LogP contribution is -2.14. The number of carbonyl (C=O) groups is 2. The number of nitrogens with zero attached hydrogens (tertiary/aromatic N) is 2. The molecule has 6 heteroatoms. The van der Waals surface area contributed by atoms with Crippen molar-refractivity contribution < 1.29 is 19.1 Å². The van der Waals surface area contributed by atoms with Crippen LogP contribution in [0.2, 0.25) is 0 Å². The average Bonchev–Trinajstić information content (AvgIpc) is 3.32. The van der Waals surface area contributed by atoms with Crippen LogP contribution in [0.25, 0.3) is 0 Å². The van der Waals surface area contributed by atoms with Crippen LogP contribution >= 0.6 is 0 Å². The monoisotopic (exact) mass is 859 g/mol. The van der Waals surface area contributed by atoms with Gasteiger partial charge in [-0.15, -0.1) is 0 Å². The highest BCUT2D eigenvalue weighted by Crippen LogP contribution is 2.36. The van der Waals surface area contributed by atoms with E-state index < -0.39 is 0 Å². The molecule has 6 aromatic carbocycles. The summed E-state index contributed by atoms with van der Waals surface area (Å²) < 4.78 is 10.7. The van der Waals surface area contributed by atoms with E-state index in [2.05, 4.69) is 183 Å². The molecule has 0 fully saturated rings. The third-order valence-corrected chi connectivity index (χ3v) is 11.8. The zero-order chi connectivity index (χ0) is 45.8. The van der Waals surface area contributed by atoms with E-state index in [1.807, 2.05) is 27.7 Å². The van der Waals surface area contributed by atoms with Crippen LogP contribution < -0.4 is 9.80 Å². The second kappa shape index (κ2) is 25.2. The molecule has 0 heterocycles. The number of ether oxygens (including phenoxy) is 2. The van der Waals surface area contributed by atoms with Gasteiger partial charge in [-0.2, -0.15) is 0 Å². The SMILES string of the molecule is CCC(C)C(=O)OCCCCCc1ccc(N(c2ccc(C)cc2)c2ccc(C)cc2)cc1.CCC(C)C(=O)OCCCc1ccc(N(c2ccc(C)cc2)c2ccc(C)cc2)cc1. The molecule has 2 atom stereocenters. The van der Waals surface area contributed by atoms with Gasteiger partial charge in [0.05, 0.1) is 25.0 Å². The standard InChI is InChI=1S/C30H37NO2.C28H33NO2/c1-5-25(4)30(32)33-22-8-6-7-9-26-14-20-29(21-15-26)31(27-16-10-23(2)11-17-27)28-18-12-24(3)13-19-28;1-5-23(4)28(30)31-20-6-7-24-12-18-27(19-13-24)29(25-14-8-21(2)9-15-25)26-16-10-22(3)11-17-26/h10-21,25H,5-9,22H2,1-4H3;8-19,23H,5-7,20H2,1-4H3. The van der Waals surface area contributed by atoms with Gasteiger partial charge in [0, 0.05) is 34.1 Å². The number of aryl methyl sites for hydroxylation is 6. The largest absolute Gasteiger partial charge is 0.465 e. The summed E-state index contributed by atoms with van der Waals surface area (Å²) in [4.78, 5) is 28.1. The molecule has 0 N–H and O–H groups in total. The molecule has 6 rings (SSSR count). The molecule has 0 aliphatic rings. The van der Waals surface area contributed by atoms with E-state index in [4.69, 9.17) is 9.47 Å². The van der Waals surface area contributed by atoms with Crippen LogP contribution in [0.15, 0.2) is 146 Å². The predicted octanol–water partition coefficient (Wildman–Crippen LogP) is 15.4. The number of hydrogen-bond donors (Lipinski definition) is 0. The van der Waals surface area contributed by atoms with Gasteiger partial charge in [-0.1, -0.05) is 123 Å². The van der Waals surface area contributed by atoms with Crippen molar-refractivity contribution in [3.05, 3.63) is 179 Å². The Morgan fingerprint density at radius 3 is 0.953 bits per heavy atom. The highest BCUT2D eigenvalue weighted by atomic mass is 16.5. The molecule has 0 saturated carbocycles. The van der Waals surface area contributed by atoms with Gasteiger partial charge >= 0.3 is 11.9 Å². The molecular weight excluding hydrogens is 789 g/mol. The molecule has 0 spiro atoms. The third-order valence-electron chi connectivity index (χ3n) is 11.8. The number of unbranched alkanes of at least 4 members (excludes halogenated alkanes) is 2. The van der Waals surface area contributed by atoms with Gasteiger partial charge in [0.25, 0.3) is 0 Å². The number of anilines is 6. The van der Waals surface area contributed by atoms with E-state index in [0.29, 0.717) is 13.2 Å². The summed E-state index contributed by atoms with van der Waals surface area (Å²) in [6.45, 7) is 17.3. The minimum Gasteiger partial charge on any atom is -0.465 e. The summed E-state index contributed by atoms with van der Waals surface area (Å²) in [6.07, 6.45) is 7.50. The molecule has 2 unspecified atom stereocenters. The zero-order valence-electron chi connectivity index (χ0n) is 39.6. The van der Waals surface area contributed by atoms with Crippen LogP contribution in [-0.2, 0) is 31.9 Å². The first-order valence-electron chi connectivity index (χ1n) is 23.3. The van der Waals surface area contributed by atoms with E-state index in [1.165, 1.54) is 33.4 Å². The number of hydrogen-bond acceptors (Lipinski definition) is 6. The fraction of sp³-hybridized carbons (Fsp3) is 0.345. The second-order valence-electron chi connectivity index (χ2n) is 17.2. The van der Waals surface area contributed by atoms with Gasteiger partial charge < -0.3 is 19.3 Å². The molecule has 0 radical (unpaired) electrons. The summed E-state index contributed by atoms with van der Waals surface area (Å²) >= 11 is 0. The second-order valence-corrected chi connectivity index (χ2v) is 17.2. The fourth-order valence-corrected chi connectivity index (χ4v) is 7.14. The molecule has 0 bridgehead atoms. The molecule has 0 aliphatic carbocycles.